The SMILES string of the molecule is O=C(CSc1nnc(-c2ccc(Cl)cc2)n1Cc1ccccc1)NCc1cccs1. The Morgan fingerprint density at radius 2 is 1.83 bits per heavy atom. The van der Waals surface area contributed by atoms with Gasteiger partial charge in [0.15, 0.2) is 11.0 Å². The molecule has 0 atom stereocenters. The van der Waals surface area contributed by atoms with Crippen LogP contribution in [-0.2, 0) is 17.9 Å². The molecule has 0 aliphatic carbocycles. The lowest BCUT2D eigenvalue weighted by Gasteiger charge is -2.11. The van der Waals surface area contributed by atoms with Crippen LogP contribution in [0.2, 0.25) is 5.02 Å². The highest BCUT2D eigenvalue weighted by Gasteiger charge is 2.16. The molecule has 0 radical (unpaired) electrons. The second-order valence-electron chi connectivity index (χ2n) is 6.53. The molecule has 30 heavy (non-hydrogen) atoms. The number of hydrogen-bond acceptors (Lipinski definition) is 5. The van der Waals surface area contributed by atoms with Gasteiger partial charge in [-0.25, -0.2) is 0 Å². The number of nitrogens with zero attached hydrogens (tertiary/aromatic N) is 3. The second kappa shape index (κ2) is 9.93. The number of amides is 1. The summed E-state index contributed by atoms with van der Waals surface area (Å²) in [5, 5.41) is 15.1. The van der Waals surface area contributed by atoms with Gasteiger partial charge in [-0.05, 0) is 41.3 Å². The van der Waals surface area contributed by atoms with Crippen molar-refractivity contribution < 1.29 is 4.79 Å². The summed E-state index contributed by atoms with van der Waals surface area (Å²) in [5.41, 5.74) is 2.06. The molecule has 8 heteroatoms. The zero-order valence-electron chi connectivity index (χ0n) is 16.0. The highest BCUT2D eigenvalue weighted by atomic mass is 35.5. The highest BCUT2D eigenvalue weighted by Crippen LogP contribution is 2.26. The van der Waals surface area contributed by atoms with Gasteiger partial charge >= 0.3 is 0 Å². The van der Waals surface area contributed by atoms with Crippen LogP contribution in [-0.4, -0.2) is 26.4 Å². The molecule has 4 aromatic rings. The van der Waals surface area contributed by atoms with Gasteiger partial charge in [0.25, 0.3) is 0 Å². The number of carbonyl (C=O) groups is 1. The fourth-order valence-corrected chi connectivity index (χ4v) is 4.43. The average molecular weight is 455 g/mol. The summed E-state index contributed by atoms with van der Waals surface area (Å²) in [6.07, 6.45) is 0. The Bertz CT molecular complexity index is 1100. The Hall–Kier alpha value is -2.61. The van der Waals surface area contributed by atoms with Gasteiger partial charge < -0.3 is 5.32 Å². The summed E-state index contributed by atoms with van der Waals surface area (Å²) >= 11 is 9.05. The Labute approximate surface area is 188 Å². The van der Waals surface area contributed by atoms with Crippen molar-refractivity contribution in [3.05, 3.63) is 87.6 Å². The summed E-state index contributed by atoms with van der Waals surface area (Å²) in [4.78, 5) is 13.4. The minimum Gasteiger partial charge on any atom is -0.350 e. The van der Waals surface area contributed by atoms with Gasteiger partial charge in [-0.2, -0.15) is 0 Å². The maximum atomic E-state index is 12.3. The summed E-state index contributed by atoms with van der Waals surface area (Å²) in [6.45, 7) is 1.16. The number of thioether (sulfide) groups is 1. The first kappa shape index (κ1) is 20.7. The van der Waals surface area contributed by atoms with E-state index in [-0.39, 0.29) is 11.7 Å². The van der Waals surface area contributed by atoms with Crippen LogP contribution in [0.3, 0.4) is 0 Å². The molecular weight excluding hydrogens is 436 g/mol. The minimum atomic E-state index is -0.0318. The quantitative estimate of drug-likeness (QED) is 0.375. The van der Waals surface area contributed by atoms with Crippen molar-refractivity contribution in [2.45, 2.75) is 18.2 Å². The predicted octanol–water partition coefficient (Wildman–Crippen LogP) is 5.12. The van der Waals surface area contributed by atoms with Gasteiger partial charge in [0.05, 0.1) is 18.8 Å². The van der Waals surface area contributed by atoms with Crippen LogP contribution in [0, 0.1) is 0 Å². The number of benzene rings is 2. The van der Waals surface area contributed by atoms with E-state index in [9.17, 15) is 4.79 Å². The Balaban J connectivity index is 1.51. The zero-order chi connectivity index (χ0) is 20.8. The second-order valence-corrected chi connectivity index (χ2v) is 8.94. The first-order valence-electron chi connectivity index (χ1n) is 9.34. The minimum absolute atomic E-state index is 0.0318. The molecule has 0 unspecified atom stereocenters. The smallest absolute Gasteiger partial charge is 0.230 e. The van der Waals surface area contributed by atoms with Crippen molar-refractivity contribution in [3.8, 4) is 11.4 Å². The summed E-state index contributed by atoms with van der Waals surface area (Å²) in [6, 6.07) is 21.6. The third-order valence-electron chi connectivity index (χ3n) is 4.38. The van der Waals surface area contributed by atoms with E-state index in [4.69, 9.17) is 11.6 Å². The molecule has 2 aromatic carbocycles. The van der Waals surface area contributed by atoms with Gasteiger partial charge in [-0.15, -0.1) is 21.5 Å². The first-order valence-corrected chi connectivity index (χ1v) is 11.6. The Morgan fingerprint density at radius 3 is 2.57 bits per heavy atom. The number of halogens is 1. The molecule has 2 heterocycles. The lowest BCUT2D eigenvalue weighted by Crippen LogP contribution is -2.24. The van der Waals surface area contributed by atoms with E-state index >= 15 is 0 Å². The topological polar surface area (TPSA) is 59.8 Å². The molecule has 0 saturated carbocycles. The fourth-order valence-electron chi connectivity index (χ4n) is 2.90. The molecule has 1 N–H and O–H groups in total. The van der Waals surface area contributed by atoms with Gasteiger partial charge in [-0.3, -0.25) is 9.36 Å². The third kappa shape index (κ3) is 5.30. The van der Waals surface area contributed by atoms with Gasteiger partial charge in [-0.1, -0.05) is 59.8 Å². The average Bonchev–Trinajstić information content (AvgIpc) is 3.42. The van der Waals surface area contributed by atoms with Gasteiger partial charge in [0.1, 0.15) is 0 Å². The molecule has 0 bridgehead atoms. The largest absolute Gasteiger partial charge is 0.350 e. The zero-order valence-corrected chi connectivity index (χ0v) is 18.4. The third-order valence-corrected chi connectivity index (χ3v) is 6.47. The van der Waals surface area contributed by atoms with Crippen LogP contribution in [0.4, 0.5) is 0 Å². The molecule has 152 valence electrons. The van der Waals surface area contributed by atoms with Crippen molar-refractivity contribution in [1.82, 2.24) is 20.1 Å². The molecule has 0 spiro atoms. The van der Waals surface area contributed by atoms with E-state index in [1.54, 1.807) is 11.3 Å². The number of hydrogen-bond donors (Lipinski definition) is 1. The van der Waals surface area contributed by atoms with Crippen LogP contribution in [0.15, 0.2) is 77.3 Å². The van der Waals surface area contributed by atoms with Crippen LogP contribution in [0.25, 0.3) is 11.4 Å². The summed E-state index contributed by atoms with van der Waals surface area (Å²) in [5.74, 6) is 0.992. The lowest BCUT2D eigenvalue weighted by atomic mass is 10.2. The first-order chi connectivity index (χ1) is 14.7. The van der Waals surface area contributed by atoms with E-state index in [2.05, 4.69) is 27.6 Å². The molecule has 2 aromatic heterocycles. The summed E-state index contributed by atoms with van der Waals surface area (Å²) < 4.78 is 2.04. The molecule has 0 fully saturated rings. The standard InChI is InChI=1S/C22H19ClN4OS2/c23-18-10-8-17(9-11-18)21-25-26-22(27(21)14-16-5-2-1-3-6-16)30-15-20(28)24-13-19-7-4-12-29-19/h1-12H,13-15H2,(H,24,28). The van der Waals surface area contributed by atoms with E-state index in [0.717, 1.165) is 21.8 Å². The van der Waals surface area contributed by atoms with E-state index < -0.39 is 0 Å². The van der Waals surface area contributed by atoms with Crippen molar-refractivity contribution in [2.75, 3.05) is 5.75 Å². The molecule has 5 nitrogen and oxygen atoms in total. The number of aromatic nitrogens is 3. The Morgan fingerprint density at radius 1 is 1.03 bits per heavy atom. The van der Waals surface area contributed by atoms with Crippen LogP contribution >= 0.6 is 34.7 Å². The molecule has 4 rings (SSSR count). The normalized spacial score (nSPS) is 10.8. The van der Waals surface area contributed by atoms with Crippen LogP contribution in [0.5, 0.6) is 0 Å². The number of rotatable bonds is 8. The highest BCUT2D eigenvalue weighted by molar-refractivity contribution is 7.99. The molecule has 1 amide bonds. The number of carbonyl (C=O) groups excluding carboxylic acids is 1. The molecular formula is C22H19ClN4OS2. The van der Waals surface area contributed by atoms with Gasteiger partial charge in [0, 0.05) is 15.5 Å². The number of nitrogens with one attached hydrogen (secondary N) is 1. The fraction of sp³-hybridized carbons (Fsp3) is 0.136. The van der Waals surface area contributed by atoms with Crippen molar-refractivity contribution in [2.24, 2.45) is 0 Å². The van der Waals surface area contributed by atoms with Crippen molar-refractivity contribution >= 4 is 40.6 Å². The van der Waals surface area contributed by atoms with E-state index in [1.807, 2.05) is 64.5 Å². The predicted molar refractivity (Wildman–Crippen MR) is 123 cm³/mol. The van der Waals surface area contributed by atoms with Gasteiger partial charge in [0.2, 0.25) is 5.91 Å². The van der Waals surface area contributed by atoms with Crippen molar-refractivity contribution in [1.29, 1.82) is 0 Å². The van der Waals surface area contributed by atoms with Crippen LogP contribution < -0.4 is 5.32 Å². The van der Waals surface area contributed by atoms with E-state index in [1.165, 1.54) is 11.8 Å². The molecule has 0 aliphatic rings. The van der Waals surface area contributed by atoms with Crippen molar-refractivity contribution in [3.63, 3.8) is 0 Å². The van der Waals surface area contributed by atoms with E-state index in [0.29, 0.717) is 23.3 Å². The molecule has 0 saturated heterocycles. The molecule has 0 aliphatic heterocycles. The summed E-state index contributed by atoms with van der Waals surface area (Å²) in [7, 11) is 0. The lowest BCUT2D eigenvalue weighted by molar-refractivity contribution is -0.118. The monoisotopic (exact) mass is 454 g/mol. The maximum absolute atomic E-state index is 12.3. The van der Waals surface area contributed by atoms with Crippen LogP contribution in [0.1, 0.15) is 10.4 Å². The Kier molecular flexibility index (Phi) is 6.84. The number of thiophene rings is 1. The maximum Gasteiger partial charge on any atom is 0.230 e.